The van der Waals surface area contributed by atoms with Gasteiger partial charge in [0.2, 0.25) is 0 Å². The van der Waals surface area contributed by atoms with Gasteiger partial charge >= 0.3 is 5.97 Å². The summed E-state index contributed by atoms with van der Waals surface area (Å²) < 4.78 is 10.3. The van der Waals surface area contributed by atoms with Gasteiger partial charge in [-0.1, -0.05) is 0 Å². The summed E-state index contributed by atoms with van der Waals surface area (Å²) in [7, 11) is 0. The third-order valence-corrected chi connectivity index (χ3v) is 2.67. The molecule has 1 unspecified atom stereocenters. The van der Waals surface area contributed by atoms with Crippen LogP contribution in [0.25, 0.3) is 0 Å². The van der Waals surface area contributed by atoms with Gasteiger partial charge in [0.25, 0.3) is 0 Å². The summed E-state index contributed by atoms with van der Waals surface area (Å²) in [5.74, 6) is -0.363. The second kappa shape index (κ2) is 3.27. The predicted octanol–water partition coefficient (Wildman–Crippen LogP) is 0.446. The maximum atomic E-state index is 11.6. The molecule has 0 bridgehead atoms. The molecule has 2 N–H and O–H groups in total. The SMILES string of the molecule is CCOC(=O)C1(N)CCOC1(C)C. The van der Waals surface area contributed by atoms with Crippen LogP contribution in [-0.2, 0) is 14.3 Å². The van der Waals surface area contributed by atoms with E-state index in [0.717, 1.165) is 0 Å². The van der Waals surface area contributed by atoms with E-state index in [9.17, 15) is 4.79 Å². The molecule has 0 amide bonds. The molecule has 0 aromatic carbocycles. The van der Waals surface area contributed by atoms with E-state index in [2.05, 4.69) is 0 Å². The van der Waals surface area contributed by atoms with E-state index in [4.69, 9.17) is 15.2 Å². The van der Waals surface area contributed by atoms with Gasteiger partial charge in [-0.15, -0.1) is 0 Å². The quantitative estimate of drug-likeness (QED) is 0.637. The van der Waals surface area contributed by atoms with Crippen LogP contribution in [0.15, 0.2) is 0 Å². The standard InChI is InChI=1S/C9H17NO3/c1-4-12-7(11)9(10)5-6-13-8(9,2)3/h4-6,10H2,1-3H3. The molecule has 0 aromatic heterocycles. The first-order chi connectivity index (χ1) is 5.94. The van der Waals surface area contributed by atoms with Gasteiger partial charge in [-0.05, 0) is 20.8 Å². The highest BCUT2D eigenvalue weighted by atomic mass is 16.5. The highest BCUT2D eigenvalue weighted by Crippen LogP contribution is 2.34. The van der Waals surface area contributed by atoms with Crippen molar-refractivity contribution in [2.45, 2.75) is 38.3 Å². The first-order valence-electron chi connectivity index (χ1n) is 4.54. The molecule has 1 rings (SSSR count). The third-order valence-electron chi connectivity index (χ3n) is 2.67. The number of hydrogen-bond donors (Lipinski definition) is 1. The fourth-order valence-corrected chi connectivity index (χ4v) is 1.50. The van der Waals surface area contributed by atoms with Crippen molar-refractivity contribution >= 4 is 5.97 Å². The van der Waals surface area contributed by atoms with Crippen LogP contribution in [0, 0.1) is 0 Å². The summed E-state index contributed by atoms with van der Waals surface area (Å²) in [6, 6.07) is 0. The molecule has 1 atom stereocenters. The molecule has 1 fully saturated rings. The average molecular weight is 187 g/mol. The van der Waals surface area contributed by atoms with Crippen molar-refractivity contribution in [1.29, 1.82) is 0 Å². The molecule has 1 aliphatic heterocycles. The number of nitrogens with two attached hydrogens (primary N) is 1. The Morgan fingerprint density at radius 2 is 2.23 bits per heavy atom. The van der Waals surface area contributed by atoms with Gasteiger partial charge in [-0.2, -0.15) is 0 Å². The summed E-state index contributed by atoms with van der Waals surface area (Å²) in [5.41, 5.74) is 4.36. The molecule has 1 heterocycles. The van der Waals surface area contributed by atoms with Crippen molar-refractivity contribution in [2.24, 2.45) is 5.73 Å². The molecule has 0 radical (unpaired) electrons. The van der Waals surface area contributed by atoms with Crippen LogP contribution in [0.5, 0.6) is 0 Å². The minimum atomic E-state index is -0.983. The summed E-state index contributed by atoms with van der Waals surface area (Å²) in [6.45, 7) is 6.27. The number of hydrogen-bond acceptors (Lipinski definition) is 4. The molecule has 0 aromatic rings. The highest BCUT2D eigenvalue weighted by Gasteiger charge is 2.54. The predicted molar refractivity (Wildman–Crippen MR) is 48.2 cm³/mol. The molecule has 1 saturated heterocycles. The van der Waals surface area contributed by atoms with Gasteiger partial charge in [0.05, 0.1) is 12.2 Å². The van der Waals surface area contributed by atoms with Crippen LogP contribution in [0.3, 0.4) is 0 Å². The van der Waals surface area contributed by atoms with Crippen molar-refractivity contribution in [2.75, 3.05) is 13.2 Å². The van der Waals surface area contributed by atoms with Crippen LogP contribution >= 0.6 is 0 Å². The fraction of sp³-hybridized carbons (Fsp3) is 0.889. The summed E-state index contributed by atoms with van der Waals surface area (Å²) in [5, 5.41) is 0. The lowest BCUT2D eigenvalue weighted by atomic mass is 9.83. The zero-order chi connectivity index (χ0) is 10.1. The van der Waals surface area contributed by atoms with Crippen molar-refractivity contribution in [3.05, 3.63) is 0 Å². The van der Waals surface area contributed by atoms with E-state index in [1.807, 2.05) is 13.8 Å². The zero-order valence-corrected chi connectivity index (χ0v) is 8.42. The molecule has 4 heteroatoms. The molecule has 76 valence electrons. The molecular formula is C9H17NO3. The van der Waals surface area contributed by atoms with Gasteiger partial charge in [0.15, 0.2) is 0 Å². The largest absolute Gasteiger partial charge is 0.465 e. The van der Waals surface area contributed by atoms with E-state index in [0.29, 0.717) is 19.6 Å². The Hall–Kier alpha value is -0.610. The molecule has 0 saturated carbocycles. The van der Waals surface area contributed by atoms with E-state index >= 15 is 0 Å². The Morgan fingerprint density at radius 3 is 2.62 bits per heavy atom. The molecule has 0 spiro atoms. The molecule has 13 heavy (non-hydrogen) atoms. The van der Waals surface area contributed by atoms with Gasteiger partial charge in [0, 0.05) is 13.0 Å². The van der Waals surface area contributed by atoms with Crippen LogP contribution in [0.4, 0.5) is 0 Å². The Kier molecular flexibility index (Phi) is 2.63. The topological polar surface area (TPSA) is 61.5 Å². The minimum absolute atomic E-state index is 0.355. The van der Waals surface area contributed by atoms with Crippen LogP contribution < -0.4 is 5.73 Å². The van der Waals surface area contributed by atoms with Crippen molar-refractivity contribution in [1.82, 2.24) is 0 Å². The second-order valence-electron chi connectivity index (χ2n) is 3.80. The number of carbonyl (C=O) groups is 1. The number of esters is 1. The van der Waals surface area contributed by atoms with Crippen molar-refractivity contribution in [3.63, 3.8) is 0 Å². The second-order valence-corrected chi connectivity index (χ2v) is 3.80. The monoisotopic (exact) mass is 187 g/mol. The molecule has 1 aliphatic rings. The van der Waals surface area contributed by atoms with E-state index in [1.165, 1.54) is 0 Å². The number of ether oxygens (including phenoxy) is 2. The van der Waals surface area contributed by atoms with Gasteiger partial charge in [-0.25, -0.2) is 4.79 Å². The number of rotatable bonds is 2. The maximum Gasteiger partial charge on any atom is 0.329 e. The average Bonchev–Trinajstić information content (AvgIpc) is 2.28. The lowest BCUT2D eigenvalue weighted by Crippen LogP contribution is -2.60. The Morgan fingerprint density at radius 1 is 1.62 bits per heavy atom. The van der Waals surface area contributed by atoms with E-state index in [-0.39, 0.29) is 5.97 Å². The first kappa shape index (κ1) is 10.5. The van der Waals surface area contributed by atoms with Crippen LogP contribution in [0.2, 0.25) is 0 Å². The molecule has 4 nitrogen and oxygen atoms in total. The molecule has 0 aliphatic carbocycles. The lowest BCUT2D eigenvalue weighted by Gasteiger charge is -2.33. The Bertz CT molecular complexity index is 215. The van der Waals surface area contributed by atoms with Gasteiger partial charge in [-0.3, -0.25) is 0 Å². The molecular weight excluding hydrogens is 170 g/mol. The number of carbonyl (C=O) groups excluding carboxylic acids is 1. The Labute approximate surface area is 78.4 Å². The maximum absolute atomic E-state index is 11.6. The van der Waals surface area contributed by atoms with Gasteiger partial charge < -0.3 is 15.2 Å². The van der Waals surface area contributed by atoms with Gasteiger partial charge in [0.1, 0.15) is 5.54 Å². The first-order valence-corrected chi connectivity index (χ1v) is 4.54. The van der Waals surface area contributed by atoms with Crippen molar-refractivity contribution in [3.8, 4) is 0 Å². The minimum Gasteiger partial charge on any atom is -0.465 e. The smallest absolute Gasteiger partial charge is 0.329 e. The lowest BCUT2D eigenvalue weighted by molar-refractivity contribution is -0.155. The highest BCUT2D eigenvalue weighted by molar-refractivity contribution is 5.82. The zero-order valence-electron chi connectivity index (χ0n) is 8.42. The summed E-state index contributed by atoms with van der Waals surface area (Å²) >= 11 is 0. The third kappa shape index (κ3) is 1.56. The fourth-order valence-electron chi connectivity index (χ4n) is 1.50. The summed E-state index contributed by atoms with van der Waals surface area (Å²) in [4.78, 5) is 11.6. The normalized spacial score (nSPS) is 31.7. The summed E-state index contributed by atoms with van der Waals surface area (Å²) in [6.07, 6.45) is 0.527. The Balaban J connectivity index is 2.80. The van der Waals surface area contributed by atoms with Crippen molar-refractivity contribution < 1.29 is 14.3 Å². The van der Waals surface area contributed by atoms with E-state index < -0.39 is 11.1 Å². The van der Waals surface area contributed by atoms with Crippen LogP contribution in [0.1, 0.15) is 27.2 Å². The van der Waals surface area contributed by atoms with E-state index in [1.54, 1.807) is 6.92 Å². The van der Waals surface area contributed by atoms with Crippen LogP contribution in [-0.4, -0.2) is 30.3 Å².